The summed E-state index contributed by atoms with van der Waals surface area (Å²) in [5.74, 6) is 0. The molecule has 0 bridgehead atoms. The van der Waals surface area contributed by atoms with Crippen molar-refractivity contribution in [2.45, 2.75) is 37.9 Å². The minimum absolute atomic E-state index is 0.617. The van der Waals surface area contributed by atoms with E-state index in [1.807, 2.05) is 12.4 Å². The summed E-state index contributed by atoms with van der Waals surface area (Å²) in [6, 6.07) is 1.51. The van der Waals surface area contributed by atoms with Gasteiger partial charge in [0.1, 0.15) is 4.60 Å². The molecule has 1 unspecified atom stereocenters. The summed E-state index contributed by atoms with van der Waals surface area (Å²) in [4.78, 5) is 11.2. The van der Waals surface area contributed by atoms with Gasteiger partial charge in [-0.3, -0.25) is 9.30 Å². The van der Waals surface area contributed by atoms with Gasteiger partial charge in [0.2, 0.25) is 0 Å². The fraction of sp³-hybridized carbons (Fsp3) is 0.571. The molecule has 0 radical (unpaired) electrons. The average molecular weight is 336 g/mol. The van der Waals surface area contributed by atoms with Crippen molar-refractivity contribution in [3.8, 4) is 0 Å². The molecule has 6 heteroatoms. The average Bonchev–Trinajstić information content (AvgIpc) is 3.06. The molecule has 0 aromatic carbocycles. The maximum absolute atomic E-state index is 4.39. The van der Waals surface area contributed by atoms with Gasteiger partial charge in [0.15, 0.2) is 5.65 Å². The Morgan fingerprint density at radius 1 is 1.25 bits per heavy atom. The molecule has 0 spiro atoms. The number of imidazole rings is 1. The number of nitrogens with one attached hydrogen (secondary N) is 1. The molecule has 2 aromatic heterocycles. The normalized spacial score (nSPS) is 23.8. The summed E-state index contributed by atoms with van der Waals surface area (Å²) < 4.78 is 2.93. The highest BCUT2D eigenvalue weighted by Crippen LogP contribution is 2.29. The standard InChI is InChI=1S/C14H18BrN5/c15-13-9-20-12(6-18-14(20)7-17-13)5-16-10-3-4-19(8-10)11-1-2-11/h6-7,9-11,16H,1-5,8H2. The summed E-state index contributed by atoms with van der Waals surface area (Å²) in [5, 5.41) is 3.67. The lowest BCUT2D eigenvalue weighted by molar-refractivity contribution is 0.317. The van der Waals surface area contributed by atoms with Crippen LogP contribution in [0.2, 0.25) is 0 Å². The monoisotopic (exact) mass is 335 g/mol. The molecular weight excluding hydrogens is 318 g/mol. The van der Waals surface area contributed by atoms with E-state index in [0.29, 0.717) is 6.04 Å². The Morgan fingerprint density at radius 3 is 3.00 bits per heavy atom. The van der Waals surface area contributed by atoms with Crippen LogP contribution in [0.5, 0.6) is 0 Å². The first-order valence-corrected chi connectivity index (χ1v) is 8.04. The number of fused-ring (bicyclic) bond motifs is 1. The number of hydrogen-bond acceptors (Lipinski definition) is 4. The van der Waals surface area contributed by atoms with Crippen molar-refractivity contribution in [2.75, 3.05) is 13.1 Å². The molecule has 106 valence electrons. The highest BCUT2D eigenvalue weighted by molar-refractivity contribution is 9.10. The molecule has 3 heterocycles. The van der Waals surface area contributed by atoms with Crippen LogP contribution in [0.1, 0.15) is 25.0 Å². The molecule has 2 aromatic rings. The molecule has 5 nitrogen and oxygen atoms in total. The van der Waals surface area contributed by atoms with Crippen LogP contribution in [-0.4, -0.2) is 44.4 Å². The van der Waals surface area contributed by atoms with Crippen LogP contribution in [0, 0.1) is 0 Å². The van der Waals surface area contributed by atoms with E-state index < -0.39 is 0 Å². The smallest absolute Gasteiger partial charge is 0.155 e. The van der Waals surface area contributed by atoms with Crippen molar-refractivity contribution in [2.24, 2.45) is 0 Å². The van der Waals surface area contributed by atoms with Crippen molar-refractivity contribution in [3.63, 3.8) is 0 Å². The lowest BCUT2D eigenvalue weighted by Crippen LogP contribution is -2.33. The molecule has 1 saturated heterocycles. The zero-order valence-corrected chi connectivity index (χ0v) is 12.9. The van der Waals surface area contributed by atoms with Crippen LogP contribution in [0.25, 0.3) is 5.65 Å². The lowest BCUT2D eigenvalue weighted by atomic mass is 10.2. The van der Waals surface area contributed by atoms with Crippen molar-refractivity contribution in [1.82, 2.24) is 24.6 Å². The summed E-state index contributed by atoms with van der Waals surface area (Å²) >= 11 is 3.41. The van der Waals surface area contributed by atoms with E-state index in [2.05, 4.69) is 40.5 Å². The molecule has 1 aliphatic carbocycles. The van der Waals surface area contributed by atoms with E-state index in [1.54, 1.807) is 6.20 Å². The van der Waals surface area contributed by atoms with Crippen molar-refractivity contribution in [3.05, 3.63) is 28.9 Å². The van der Waals surface area contributed by atoms with Gasteiger partial charge >= 0.3 is 0 Å². The van der Waals surface area contributed by atoms with Crippen LogP contribution >= 0.6 is 15.9 Å². The summed E-state index contributed by atoms with van der Waals surface area (Å²) in [7, 11) is 0. The highest BCUT2D eigenvalue weighted by Gasteiger charge is 2.34. The van der Waals surface area contributed by atoms with E-state index >= 15 is 0 Å². The first-order chi connectivity index (χ1) is 9.79. The largest absolute Gasteiger partial charge is 0.307 e. The Labute approximate surface area is 126 Å². The maximum atomic E-state index is 4.39. The topological polar surface area (TPSA) is 45.5 Å². The molecular formula is C14H18BrN5. The number of halogens is 1. The lowest BCUT2D eigenvalue weighted by Gasteiger charge is -2.15. The first-order valence-electron chi connectivity index (χ1n) is 7.24. The molecule has 0 amide bonds. The van der Waals surface area contributed by atoms with Gasteiger partial charge in [0.25, 0.3) is 0 Å². The van der Waals surface area contributed by atoms with E-state index in [4.69, 9.17) is 0 Å². The summed E-state index contributed by atoms with van der Waals surface area (Å²) in [6.07, 6.45) is 9.77. The van der Waals surface area contributed by atoms with E-state index in [9.17, 15) is 0 Å². The summed E-state index contributed by atoms with van der Waals surface area (Å²) in [6.45, 7) is 3.32. The summed E-state index contributed by atoms with van der Waals surface area (Å²) in [5.41, 5.74) is 2.09. The fourth-order valence-electron chi connectivity index (χ4n) is 3.02. The van der Waals surface area contributed by atoms with Crippen LogP contribution in [-0.2, 0) is 6.54 Å². The maximum Gasteiger partial charge on any atom is 0.155 e. The van der Waals surface area contributed by atoms with Crippen LogP contribution in [0.15, 0.2) is 23.2 Å². The minimum Gasteiger partial charge on any atom is -0.307 e. The number of rotatable bonds is 4. The van der Waals surface area contributed by atoms with Crippen LogP contribution in [0.3, 0.4) is 0 Å². The number of likely N-dealkylation sites (tertiary alicyclic amines) is 1. The Balaban J connectivity index is 1.42. The van der Waals surface area contributed by atoms with E-state index in [-0.39, 0.29) is 0 Å². The molecule has 4 rings (SSSR count). The van der Waals surface area contributed by atoms with Crippen molar-refractivity contribution < 1.29 is 0 Å². The van der Waals surface area contributed by atoms with Gasteiger partial charge in [0, 0.05) is 37.9 Å². The zero-order valence-electron chi connectivity index (χ0n) is 11.3. The highest BCUT2D eigenvalue weighted by atomic mass is 79.9. The number of nitrogens with zero attached hydrogens (tertiary/aromatic N) is 4. The SMILES string of the molecule is Brc1cn2c(CNC3CCN(C4CC4)C3)cnc2cn1. The first kappa shape index (κ1) is 12.7. The second-order valence-electron chi connectivity index (χ2n) is 5.78. The van der Waals surface area contributed by atoms with Gasteiger partial charge in [-0.1, -0.05) is 0 Å². The third-order valence-electron chi connectivity index (χ3n) is 4.30. The molecule has 1 aliphatic heterocycles. The predicted molar refractivity (Wildman–Crippen MR) is 80.5 cm³/mol. The third-order valence-corrected chi connectivity index (χ3v) is 4.71. The van der Waals surface area contributed by atoms with Crippen LogP contribution < -0.4 is 5.32 Å². The number of aromatic nitrogens is 3. The van der Waals surface area contributed by atoms with Gasteiger partial charge in [-0.25, -0.2) is 9.97 Å². The quantitative estimate of drug-likeness (QED) is 0.925. The van der Waals surface area contributed by atoms with Crippen molar-refractivity contribution in [1.29, 1.82) is 0 Å². The second kappa shape index (κ2) is 5.09. The second-order valence-corrected chi connectivity index (χ2v) is 6.59. The molecule has 1 atom stereocenters. The Bertz CT molecular complexity index is 621. The molecule has 1 saturated carbocycles. The Morgan fingerprint density at radius 2 is 2.15 bits per heavy atom. The molecule has 1 N–H and O–H groups in total. The van der Waals surface area contributed by atoms with Gasteiger partial charge in [0.05, 0.1) is 18.1 Å². The Kier molecular flexibility index (Phi) is 3.24. The molecule has 2 fully saturated rings. The number of hydrogen-bond donors (Lipinski definition) is 1. The predicted octanol–water partition coefficient (Wildman–Crippen LogP) is 1.82. The zero-order chi connectivity index (χ0) is 13.5. The van der Waals surface area contributed by atoms with E-state index in [1.165, 1.54) is 38.0 Å². The molecule has 20 heavy (non-hydrogen) atoms. The minimum atomic E-state index is 0.617. The van der Waals surface area contributed by atoms with Gasteiger partial charge in [-0.2, -0.15) is 0 Å². The molecule has 2 aliphatic rings. The van der Waals surface area contributed by atoms with Crippen molar-refractivity contribution >= 4 is 21.6 Å². The third kappa shape index (κ3) is 2.47. The van der Waals surface area contributed by atoms with Crippen LogP contribution in [0.4, 0.5) is 0 Å². The van der Waals surface area contributed by atoms with Gasteiger partial charge in [-0.05, 0) is 35.2 Å². The van der Waals surface area contributed by atoms with Gasteiger partial charge < -0.3 is 5.32 Å². The van der Waals surface area contributed by atoms with E-state index in [0.717, 1.165) is 22.8 Å². The van der Waals surface area contributed by atoms with Gasteiger partial charge in [-0.15, -0.1) is 0 Å². The fourth-order valence-corrected chi connectivity index (χ4v) is 3.33. The Hall–Kier alpha value is -0.980.